The molecule has 0 unspecified atom stereocenters. The highest BCUT2D eigenvalue weighted by atomic mass is 15.1. The molecule has 0 aliphatic rings. The fourth-order valence-corrected chi connectivity index (χ4v) is 8.04. The molecule has 0 saturated carbocycles. The minimum Gasteiger partial charge on any atom is -0.310 e. The number of anilines is 3. The van der Waals surface area contributed by atoms with Gasteiger partial charge in [-0.15, -0.1) is 0 Å². The van der Waals surface area contributed by atoms with E-state index in [1.807, 2.05) is 0 Å². The predicted octanol–water partition coefficient (Wildman–Crippen LogP) is 14.4. The zero-order valence-corrected chi connectivity index (χ0v) is 29.7. The molecule has 10 rings (SSSR count). The van der Waals surface area contributed by atoms with Gasteiger partial charge in [-0.2, -0.15) is 0 Å². The molecule has 2 nitrogen and oxygen atoms in total. The van der Waals surface area contributed by atoms with Crippen molar-refractivity contribution in [2.75, 3.05) is 4.90 Å². The Balaban J connectivity index is 1.07. The van der Waals surface area contributed by atoms with Gasteiger partial charge in [0.15, 0.2) is 0 Å². The lowest BCUT2D eigenvalue weighted by Crippen LogP contribution is -2.11. The SMILES string of the molecule is c1ccc(-c2ccccc2N(c2ccc(-c3cccc(-c4ccccc4-n4c5ccccc5c5ccccc54)c3)cc2)c2ccc3ccccc3c2)cc1. The third-order valence-electron chi connectivity index (χ3n) is 10.6. The van der Waals surface area contributed by atoms with Crippen molar-refractivity contribution >= 4 is 49.6 Å². The highest BCUT2D eigenvalue weighted by Gasteiger charge is 2.19. The minimum atomic E-state index is 1.10. The molecule has 54 heavy (non-hydrogen) atoms. The topological polar surface area (TPSA) is 8.17 Å². The summed E-state index contributed by atoms with van der Waals surface area (Å²) in [5, 5.41) is 4.97. The summed E-state index contributed by atoms with van der Waals surface area (Å²) in [7, 11) is 0. The van der Waals surface area contributed by atoms with E-state index in [0.717, 1.165) is 17.1 Å². The fourth-order valence-electron chi connectivity index (χ4n) is 8.04. The molecule has 1 aromatic heterocycles. The lowest BCUT2D eigenvalue weighted by Gasteiger charge is -2.28. The van der Waals surface area contributed by atoms with Crippen molar-refractivity contribution in [2.24, 2.45) is 0 Å². The minimum absolute atomic E-state index is 1.10. The largest absolute Gasteiger partial charge is 0.310 e. The second-order valence-electron chi connectivity index (χ2n) is 13.8. The van der Waals surface area contributed by atoms with E-state index in [4.69, 9.17) is 0 Å². The molecule has 0 fully saturated rings. The molecule has 0 saturated heterocycles. The first-order valence-electron chi connectivity index (χ1n) is 18.5. The van der Waals surface area contributed by atoms with Gasteiger partial charge in [0, 0.05) is 33.3 Å². The second-order valence-corrected chi connectivity index (χ2v) is 13.8. The van der Waals surface area contributed by atoms with Crippen LogP contribution >= 0.6 is 0 Å². The van der Waals surface area contributed by atoms with Gasteiger partial charge in [-0.1, -0.05) is 164 Å². The lowest BCUT2D eigenvalue weighted by molar-refractivity contribution is 1.18. The monoisotopic (exact) mass is 688 g/mol. The van der Waals surface area contributed by atoms with Gasteiger partial charge in [0.2, 0.25) is 0 Å². The summed E-state index contributed by atoms with van der Waals surface area (Å²) < 4.78 is 2.41. The van der Waals surface area contributed by atoms with Gasteiger partial charge in [0.25, 0.3) is 0 Å². The Bertz CT molecular complexity index is 2880. The Labute approximate surface area is 315 Å². The summed E-state index contributed by atoms with van der Waals surface area (Å²) in [6, 6.07) is 78.8. The van der Waals surface area contributed by atoms with Gasteiger partial charge in [0.05, 0.1) is 22.4 Å². The first-order valence-corrected chi connectivity index (χ1v) is 18.5. The molecule has 9 aromatic carbocycles. The molecule has 0 radical (unpaired) electrons. The maximum atomic E-state index is 2.41. The van der Waals surface area contributed by atoms with Crippen molar-refractivity contribution in [1.29, 1.82) is 0 Å². The number of aromatic nitrogens is 1. The Morgan fingerprint density at radius 1 is 0.315 bits per heavy atom. The van der Waals surface area contributed by atoms with Crippen molar-refractivity contribution in [1.82, 2.24) is 4.57 Å². The summed E-state index contributed by atoms with van der Waals surface area (Å²) in [4.78, 5) is 2.39. The van der Waals surface area contributed by atoms with E-state index >= 15 is 0 Å². The van der Waals surface area contributed by atoms with E-state index in [-0.39, 0.29) is 0 Å². The molecule has 0 spiro atoms. The molecule has 0 bridgehead atoms. The van der Waals surface area contributed by atoms with E-state index in [2.05, 4.69) is 228 Å². The smallest absolute Gasteiger partial charge is 0.0541 e. The van der Waals surface area contributed by atoms with Crippen LogP contribution in [0.15, 0.2) is 218 Å². The third-order valence-corrected chi connectivity index (χ3v) is 10.6. The summed E-state index contributed by atoms with van der Waals surface area (Å²) in [6.07, 6.45) is 0. The van der Waals surface area contributed by atoms with Crippen molar-refractivity contribution in [2.45, 2.75) is 0 Å². The maximum absolute atomic E-state index is 2.41. The van der Waals surface area contributed by atoms with E-state index in [0.29, 0.717) is 0 Å². The molecule has 10 aromatic rings. The van der Waals surface area contributed by atoms with Gasteiger partial charge in [-0.05, 0) is 87.6 Å². The Kier molecular flexibility index (Phi) is 7.85. The van der Waals surface area contributed by atoms with E-state index < -0.39 is 0 Å². The van der Waals surface area contributed by atoms with E-state index in [1.165, 1.54) is 71.6 Å². The van der Waals surface area contributed by atoms with Crippen LogP contribution in [0.25, 0.3) is 71.6 Å². The highest BCUT2D eigenvalue weighted by molar-refractivity contribution is 6.09. The number of para-hydroxylation sites is 4. The summed E-state index contributed by atoms with van der Waals surface area (Å²) in [6.45, 7) is 0. The van der Waals surface area contributed by atoms with Crippen LogP contribution < -0.4 is 4.90 Å². The summed E-state index contributed by atoms with van der Waals surface area (Å²) in [5.41, 5.74) is 14.1. The van der Waals surface area contributed by atoms with Crippen molar-refractivity contribution in [3.63, 3.8) is 0 Å². The molecule has 254 valence electrons. The predicted molar refractivity (Wildman–Crippen MR) is 229 cm³/mol. The third kappa shape index (κ3) is 5.53. The average molecular weight is 689 g/mol. The number of nitrogens with zero attached hydrogens (tertiary/aromatic N) is 2. The number of hydrogen-bond donors (Lipinski definition) is 0. The quantitative estimate of drug-likeness (QED) is 0.162. The zero-order chi connectivity index (χ0) is 35.8. The molecular formula is C52H36N2. The molecule has 0 atom stereocenters. The van der Waals surface area contributed by atoms with Crippen LogP contribution in [0.1, 0.15) is 0 Å². The first-order chi connectivity index (χ1) is 26.8. The first kappa shape index (κ1) is 31.6. The molecule has 1 heterocycles. The van der Waals surface area contributed by atoms with Crippen LogP contribution in [0, 0.1) is 0 Å². The van der Waals surface area contributed by atoms with Crippen LogP contribution in [0.2, 0.25) is 0 Å². The van der Waals surface area contributed by atoms with E-state index in [1.54, 1.807) is 0 Å². The Morgan fingerprint density at radius 2 is 0.889 bits per heavy atom. The maximum Gasteiger partial charge on any atom is 0.0541 e. The number of benzene rings is 9. The molecule has 0 N–H and O–H groups in total. The Morgan fingerprint density at radius 3 is 1.67 bits per heavy atom. The molecular weight excluding hydrogens is 653 g/mol. The van der Waals surface area contributed by atoms with Gasteiger partial charge in [-0.25, -0.2) is 0 Å². The lowest BCUT2D eigenvalue weighted by atomic mass is 9.97. The van der Waals surface area contributed by atoms with Gasteiger partial charge in [-0.3, -0.25) is 0 Å². The molecule has 0 amide bonds. The van der Waals surface area contributed by atoms with Crippen molar-refractivity contribution in [3.8, 4) is 39.1 Å². The van der Waals surface area contributed by atoms with Crippen LogP contribution in [0.4, 0.5) is 17.1 Å². The van der Waals surface area contributed by atoms with Crippen molar-refractivity contribution < 1.29 is 0 Å². The number of hydrogen-bond acceptors (Lipinski definition) is 1. The number of fused-ring (bicyclic) bond motifs is 4. The van der Waals surface area contributed by atoms with Gasteiger partial charge in [0.1, 0.15) is 0 Å². The van der Waals surface area contributed by atoms with E-state index in [9.17, 15) is 0 Å². The van der Waals surface area contributed by atoms with Crippen LogP contribution in [0.5, 0.6) is 0 Å². The van der Waals surface area contributed by atoms with Crippen LogP contribution in [0.3, 0.4) is 0 Å². The van der Waals surface area contributed by atoms with Gasteiger partial charge < -0.3 is 9.47 Å². The van der Waals surface area contributed by atoms with Crippen LogP contribution in [-0.4, -0.2) is 4.57 Å². The molecule has 0 aliphatic heterocycles. The normalized spacial score (nSPS) is 11.3. The highest BCUT2D eigenvalue weighted by Crippen LogP contribution is 2.42. The standard InChI is InChI=1S/C52H36N2/c1-2-16-39(17-3-1)45-21-6-10-25-49(45)53(44-34-31-37-15-4-5-18-41(37)36-44)43-32-29-38(30-33-43)40-19-14-20-42(35-40)46-22-7-11-26-50(46)54-51-27-12-8-23-47(51)48-24-9-13-28-52(48)54/h1-36H. The number of rotatable bonds is 7. The summed E-state index contributed by atoms with van der Waals surface area (Å²) >= 11 is 0. The Hall–Kier alpha value is -7.16. The molecule has 0 aliphatic carbocycles. The second kappa shape index (κ2) is 13.4. The molecule has 2 heteroatoms. The van der Waals surface area contributed by atoms with Gasteiger partial charge >= 0.3 is 0 Å². The van der Waals surface area contributed by atoms with Crippen molar-refractivity contribution in [3.05, 3.63) is 218 Å². The summed E-state index contributed by atoms with van der Waals surface area (Å²) in [5.74, 6) is 0. The zero-order valence-electron chi connectivity index (χ0n) is 29.7. The average Bonchev–Trinajstić information content (AvgIpc) is 3.59. The van der Waals surface area contributed by atoms with Crippen LogP contribution in [-0.2, 0) is 0 Å². The fraction of sp³-hybridized carbons (Fsp3) is 0.